The maximum absolute atomic E-state index is 12.4. The molecule has 3 rings (SSSR count). The fourth-order valence-corrected chi connectivity index (χ4v) is 2.53. The highest BCUT2D eigenvalue weighted by Gasteiger charge is 2.31. The molecule has 0 aliphatic heterocycles. The van der Waals surface area contributed by atoms with Crippen LogP contribution in [0.15, 0.2) is 36.4 Å². The van der Waals surface area contributed by atoms with Crippen molar-refractivity contribution in [1.82, 2.24) is 0 Å². The second-order valence-corrected chi connectivity index (χ2v) is 4.79. The molecule has 20 heavy (non-hydrogen) atoms. The van der Waals surface area contributed by atoms with Gasteiger partial charge in [-0.2, -0.15) is 0 Å². The van der Waals surface area contributed by atoms with E-state index in [4.69, 9.17) is 16.7 Å². The van der Waals surface area contributed by atoms with E-state index in [9.17, 15) is 14.4 Å². The topological polar surface area (TPSA) is 71.4 Å². The first kappa shape index (κ1) is 12.6. The van der Waals surface area contributed by atoms with Crippen molar-refractivity contribution in [1.29, 1.82) is 0 Å². The van der Waals surface area contributed by atoms with Crippen molar-refractivity contribution >= 4 is 29.1 Å². The number of carbonyl (C=O) groups excluding carboxylic acids is 2. The smallest absolute Gasteiger partial charge is 0.337 e. The zero-order valence-corrected chi connectivity index (χ0v) is 10.8. The summed E-state index contributed by atoms with van der Waals surface area (Å²) in [4.78, 5) is 35.7. The Morgan fingerprint density at radius 1 is 0.900 bits per heavy atom. The third-order valence-electron chi connectivity index (χ3n) is 3.24. The molecule has 0 radical (unpaired) electrons. The fraction of sp³-hybridized carbons (Fsp3) is 0. The monoisotopic (exact) mass is 286 g/mol. The molecule has 0 heterocycles. The van der Waals surface area contributed by atoms with Gasteiger partial charge in [-0.25, -0.2) is 4.79 Å². The molecule has 0 atom stereocenters. The third kappa shape index (κ3) is 1.66. The highest BCUT2D eigenvalue weighted by Crippen LogP contribution is 2.31. The van der Waals surface area contributed by atoms with E-state index in [0.29, 0.717) is 5.56 Å². The second-order valence-electron chi connectivity index (χ2n) is 4.39. The maximum Gasteiger partial charge on any atom is 0.337 e. The van der Waals surface area contributed by atoms with E-state index in [1.54, 1.807) is 24.3 Å². The van der Waals surface area contributed by atoms with Crippen LogP contribution in [-0.2, 0) is 0 Å². The molecule has 0 aromatic heterocycles. The van der Waals surface area contributed by atoms with Crippen LogP contribution in [0.2, 0.25) is 5.02 Å². The zero-order valence-electron chi connectivity index (χ0n) is 10.0. The Hall–Kier alpha value is -2.46. The maximum atomic E-state index is 12.4. The van der Waals surface area contributed by atoms with Gasteiger partial charge in [0.2, 0.25) is 0 Å². The number of fused-ring (bicyclic) bond motifs is 2. The molecule has 0 amide bonds. The van der Waals surface area contributed by atoms with Crippen LogP contribution in [0, 0.1) is 0 Å². The molecule has 0 fully saturated rings. The van der Waals surface area contributed by atoms with E-state index in [-0.39, 0.29) is 38.8 Å². The van der Waals surface area contributed by atoms with Gasteiger partial charge in [0.1, 0.15) is 0 Å². The largest absolute Gasteiger partial charge is 0.478 e. The van der Waals surface area contributed by atoms with E-state index in [0.717, 1.165) is 6.07 Å². The number of carbonyl (C=O) groups is 3. The van der Waals surface area contributed by atoms with Gasteiger partial charge in [-0.05, 0) is 12.1 Å². The summed E-state index contributed by atoms with van der Waals surface area (Å²) in [5.41, 5.74) is 0.623. The number of halogens is 1. The van der Waals surface area contributed by atoms with Crippen LogP contribution in [0.3, 0.4) is 0 Å². The van der Waals surface area contributed by atoms with Gasteiger partial charge >= 0.3 is 5.97 Å². The Labute approximate surface area is 118 Å². The minimum absolute atomic E-state index is 0.0585. The standard InChI is InChI=1S/C15H7ClO4/c16-12-6-10-9(5-11(12)15(19)20)13(17)7-3-1-2-4-8(7)14(10)18/h1-6H,(H,19,20). The normalized spacial score (nSPS) is 12.8. The Morgan fingerprint density at radius 2 is 1.40 bits per heavy atom. The molecule has 0 saturated carbocycles. The van der Waals surface area contributed by atoms with E-state index in [1.165, 1.54) is 6.07 Å². The first-order valence-corrected chi connectivity index (χ1v) is 6.13. The number of ketones is 2. The van der Waals surface area contributed by atoms with Crippen molar-refractivity contribution in [3.05, 3.63) is 69.2 Å². The van der Waals surface area contributed by atoms with Crippen molar-refractivity contribution in [3.63, 3.8) is 0 Å². The molecule has 0 unspecified atom stereocenters. The molecule has 0 saturated heterocycles. The van der Waals surface area contributed by atoms with Crippen molar-refractivity contribution in [2.75, 3.05) is 0 Å². The number of carboxylic acids is 1. The summed E-state index contributed by atoms with van der Waals surface area (Å²) in [5.74, 6) is -1.93. The van der Waals surface area contributed by atoms with Crippen LogP contribution in [0.5, 0.6) is 0 Å². The highest BCUT2D eigenvalue weighted by molar-refractivity contribution is 6.36. The number of aromatic carboxylic acids is 1. The Morgan fingerprint density at radius 3 is 1.90 bits per heavy atom. The van der Waals surface area contributed by atoms with E-state index < -0.39 is 5.97 Å². The first-order valence-electron chi connectivity index (χ1n) is 5.76. The van der Waals surface area contributed by atoms with Gasteiger partial charge in [0.05, 0.1) is 10.6 Å². The predicted molar refractivity (Wildman–Crippen MR) is 71.7 cm³/mol. The van der Waals surface area contributed by atoms with Gasteiger partial charge < -0.3 is 5.11 Å². The Balaban J connectivity index is 2.31. The summed E-state index contributed by atoms with van der Waals surface area (Å²) >= 11 is 5.85. The molecule has 1 aliphatic rings. The summed E-state index contributed by atoms with van der Waals surface area (Å²) in [6, 6.07) is 8.85. The average molecular weight is 287 g/mol. The van der Waals surface area contributed by atoms with Crippen LogP contribution in [0.25, 0.3) is 0 Å². The minimum atomic E-state index is -1.24. The molecule has 98 valence electrons. The molecular weight excluding hydrogens is 280 g/mol. The summed E-state index contributed by atoms with van der Waals surface area (Å²) in [6.45, 7) is 0. The molecule has 0 bridgehead atoms. The summed E-state index contributed by atoms with van der Waals surface area (Å²) < 4.78 is 0. The van der Waals surface area contributed by atoms with Crippen molar-refractivity contribution in [2.24, 2.45) is 0 Å². The molecule has 4 nitrogen and oxygen atoms in total. The van der Waals surface area contributed by atoms with Crippen LogP contribution in [-0.4, -0.2) is 22.6 Å². The lowest BCUT2D eigenvalue weighted by Gasteiger charge is -2.18. The summed E-state index contributed by atoms with van der Waals surface area (Å²) in [6.07, 6.45) is 0. The van der Waals surface area contributed by atoms with E-state index in [2.05, 4.69) is 0 Å². The summed E-state index contributed by atoms with van der Waals surface area (Å²) in [7, 11) is 0. The van der Waals surface area contributed by atoms with E-state index in [1.807, 2.05) is 0 Å². The van der Waals surface area contributed by atoms with Crippen molar-refractivity contribution in [2.45, 2.75) is 0 Å². The first-order chi connectivity index (χ1) is 9.50. The zero-order chi connectivity index (χ0) is 14.4. The van der Waals surface area contributed by atoms with Gasteiger partial charge in [-0.3, -0.25) is 9.59 Å². The number of rotatable bonds is 1. The lowest BCUT2D eigenvalue weighted by Crippen LogP contribution is -2.21. The lowest BCUT2D eigenvalue weighted by atomic mass is 9.83. The van der Waals surface area contributed by atoms with Gasteiger partial charge in [-0.15, -0.1) is 0 Å². The molecular formula is C15H7ClO4. The van der Waals surface area contributed by atoms with E-state index >= 15 is 0 Å². The molecule has 2 aromatic carbocycles. The van der Waals surface area contributed by atoms with Gasteiger partial charge in [-0.1, -0.05) is 35.9 Å². The second kappa shape index (κ2) is 4.28. The number of benzene rings is 2. The minimum Gasteiger partial charge on any atom is -0.478 e. The molecule has 1 N–H and O–H groups in total. The fourth-order valence-electron chi connectivity index (χ4n) is 2.28. The van der Waals surface area contributed by atoms with Crippen LogP contribution < -0.4 is 0 Å². The average Bonchev–Trinajstić information content (AvgIpc) is 2.44. The quantitative estimate of drug-likeness (QED) is 0.746. The van der Waals surface area contributed by atoms with Gasteiger partial charge in [0.15, 0.2) is 11.6 Å². The molecule has 2 aromatic rings. The van der Waals surface area contributed by atoms with Crippen LogP contribution in [0.4, 0.5) is 0 Å². The third-order valence-corrected chi connectivity index (χ3v) is 3.56. The lowest BCUT2D eigenvalue weighted by molar-refractivity contribution is 0.0696. The molecule has 1 aliphatic carbocycles. The van der Waals surface area contributed by atoms with Crippen LogP contribution in [0.1, 0.15) is 42.2 Å². The van der Waals surface area contributed by atoms with Gasteiger partial charge in [0, 0.05) is 22.3 Å². The number of hydrogen-bond acceptors (Lipinski definition) is 3. The molecule has 0 spiro atoms. The highest BCUT2D eigenvalue weighted by atomic mass is 35.5. The number of hydrogen-bond donors (Lipinski definition) is 1. The number of carboxylic acid groups (broad SMARTS) is 1. The Kier molecular flexibility index (Phi) is 2.69. The predicted octanol–water partition coefficient (Wildman–Crippen LogP) is 2.81. The SMILES string of the molecule is O=C(O)c1cc2c(cc1Cl)C(=O)c1ccccc1C2=O. The van der Waals surface area contributed by atoms with Crippen molar-refractivity contribution in [3.8, 4) is 0 Å². The van der Waals surface area contributed by atoms with Crippen molar-refractivity contribution < 1.29 is 19.5 Å². The summed E-state index contributed by atoms with van der Waals surface area (Å²) in [5, 5.41) is 8.98. The van der Waals surface area contributed by atoms with Crippen LogP contribution >= 0.6 is 11.6 Å². The molecule has 5 heteroatoms. The Bertz CT molecular complexity index is 792. The van der Waals surface area contributed by atoms with Gasteiger partial charge in [0.25, 0.3) is 0 Å².